The fraction of sp³-hybridized carbons (Fsp3) is 0.706. The molecule has 120 valence electrons. The van der Waals surface area contributed by atoms with Crippen molar-refractivity contribution in [1.29, 1.82) is 0 Å². The number of rotatable bonds is 3. The van der Waals surface area contributed by atoms with Crippen molar-refractivity contribution in [3.8, 4) is 0 Å². The average Bonchev–Trinajstić information content (AvgIpc) is 2.62. The van der Waals surface area contributed by atoms with Gasteiger partial charge >= 0.3 is 5.97 Å². The summed E-state index contributed by atoms with van der Waals surface area (Å²) < 4.78 is 4.91. The smallest absolute Gasteiger partial charge is 0.341 e. The highest BCUT2D eigenvalue weighted by atomic mass is 16.5. The lowest BCUT2D eigenvalue weighted by molar-refractivity contribution is 0.0596. The summed E-state index contributed by atoms with van der Waals surface area (Å²) >= 11 is 0. The topological polar surface area (TPSA) is 64.1 Å². The Morgan fingerprint density at radius 2 is 1.95 bits per heavy atom. The van der Waals surface area contributed by atoms with Crippen molar-refractivity contribution in [2.75, 3.05) is 13.7 Å². The summed E-state index contributed by atoms with van der Waals surface area (Å²) in [5.41, 5.74) is 1.35. The van der Waals surface area contributed by atoms with E-state index in [0.717, 1.165) is 37.3 Å². The van der Waals surface area contributed by atoms with Crippen molar-refractivity contribution >= 4 is 5.97 Å². The number of esters is 1. The molecule has 1 saturated heterocycles. The molecule has 1 atom stereocenters. The monoisotopic (exact) mass is 303 g/mol. The first kappa shape index (κ1) is 15.4. The van der Waals surface area contributed by atoms with Crippen molar-refractivity contribution in [2.24, 2.45) is 0 Å². The van der Waals surface area contributed by atoms with Crippen molar-refractivity contribution in [3.05, 3.63) is 23.3 Å². The molecule has 5 heteroatoms. The molecule has 2 heterocycles. The van der Waals surface area contributed by atoms with Crippen LogP contribution in [0.1, 0.15) is 85.2 Å². The Labute approximate surface area is 131 Å². The summed E-state index contributed by atoms with van der Waals surface area (Å²) in [5, 5.41) is 3.49. The number of methoxy groups -OCH3 is 1. The molecule has 5 nitrogen and oxygen atoms in total. The van der Waals surface area contributed by atoms with E-state index in [4.69, 9.17) is 9.72 Å². The van der Waals surface area contributed by atoms with E-state index in [1.165, 1.54) is 39.2 Å². The van der Waals surface area contributed by atoms with E-state index >= 15 is 0 Å². The second-order valence-corrected chi connectivity index (χ2v) is 6.36. The van der Waals surface area contributed by atoms with Crippen LogP contribution in [0.15, 0.2) is 6.20 Å². The summed E-state index contributed by atoms with van der Waals surface area (Å²) in [5.74, 6) is 1.02. The number of aromatic nitrogens is 2. The molecule has 1 saturated carbocycles. The lowest BCUT2D eigenvalue weighted by atomic mass is 9.88. The van der Waals surface area contributed by atoms with E-state index < -0.39 is 0 Å². The molecular formula is C17H25N3O2. The van der Waals surface area contributed by atoms with E-state index in [2.05, 4.69) is 10.3 Å². The molecule has 1 N–H and O–H groups in total. The third kappa shape index (κ3) is 3.29. The SMILES string of the molecule is COC(=O)c1cnc(C2CCCCC2)nc1C1CCCCN1. The van der Waals surface area contributed by atoms with Crippen LogP contribution in [0.5, 0.6) is 0 Å². The molecule has 1 aliphatic heterocycles. The molecule has 1 aliphatic carbocycles. The average molecular weight is 303 g/mol. The molecule has 0 bridgehead atoms. The Bertz CT molecular complexity index is 521. The van der Waals surface area contributed by atoms with Gasteiger partial charge in [-0.1, -0.05) is 25.7 Å². The van der Waals surface area contributed by atoms with Crippen LogP contribution in [0.25, 0.3) is 0 Å². The van der Waals surface area contributed by atoms with Crippen LogP contribution in [-0.4, -0.2) is 29.6 Å². The second-order valence-electron chi connectivity index (χ2n) is 6.36. The maximum Gasteiger partial charge on any atom is 0.341 e. The van der Waals surface area contributed by atoms with Gasteiger partial charge in [0.05, 0.1) is 18.8 Å². The molecule has 3 rings (SSSR count). The maximum atomic E-state index is 12.0. The second kappa shape index (κ2) is 7.18. The first-order chi connectivity index (χ1) is 10.8. The molecule has 0 radical (unpaired) electrons. The maximum absolute atomic E-state index is 12.0. The molecule has 1 unspecified atom stereocenters. The van der Waals surface area contributed by atoms with Crippen LogP contribution >= 0.6 is 0 Å². The normalized spacial score (nSPS) is 23.2. The van der Waals surface area contributed by atoms with Gasteiger partial charge in [0.15, 0.2) is 0 Å². The number of ether oxygens (including phenoxy) is 1. The Kier molecular flexibility index (Phi) is 5.03. The van der Waals surface area contributed by atoms with E-state index in [1.54, 1.807) is 6.20 Å². The van der Waals surface area contributed by atoms with Crippen LogP contribution < -0.4 is 5.32 Å². The standard InChI is InChI=1S/C17H25N3O2/c1-22-17(21)13-11-19-16(12-7-3-2-4-8-12)20-15(13)14-9-5-6-10-18-14/h11-12,14,18H,2-10H2,1H3. The quantitative estimate of drug-likeness (QED) is 0.869. The largest absolute Gasteiger partial charge is 0.465 e. The summed E-state index contributed by atoms with van der Waals surface area (Å²) in [6.07, 6.45) is 11.2. The molecule has 2 fully saturated rings. The lowest BCUT2D eigenvalue weighted by Crippen LogP contribution is -2.30. The van der Waals surface area contributed by atoms with Gasteiger partial charge in [0.25, 0.3) is 0 Å². The minimum Gasteiger partial charge on any atom is -0.465 e. The first-order valence-electron chi connectivity index (χ1n) is 8.48. The Morgan fingerprint density at radius 3 is 2.64 bits per heavy atom. The van der Waals surface area contributed by atoms with Crippen LogP contribution in [0.2, 0.25) is 0 Å². The van der Waals surface area contributed by atoms with E-state index in [-0.39, 0.29) is 12.0 Å². The summed E-state index contributed by atoms with van der Waals surface area (Å²) in [6, 6.07) is 0.146. The lowest BCUT2D eigenvalue weighted by Gasteiger charge is -2.26. The molecule has 1 aromatic rings. The number of piperidine rings is 1. The van der Waals surface area contributed by atoms with Gasteiger partial charge in [-0.15, -0.1) is 0 Å². The van der Waals surface area contributed by atoms with Crippen LogP contribution in [0, 0.1) is 0 Å². The third-order valence-corrected chi connectivity index (χ3v) is 4.85. The van der Waals surface area contributed by atoms with Gasteiger partial charge in [-0.2, -0.15) is 0 Å². The predicted molar refractivity (Wildman–Crippen MR) is 83.8 cm³/mol. The van der Waals surface area contributed by atoms with Gasteiger partial charge in [0.2, 0.25) is 0 Å². The minimum absolute atomic E-state index is 0.146. The van der Waals surface area contributed by atoms with Gasteiger partial charge in [0.1, 0.15) is 11.4 Å². The number of hydrogen-bond donors (Lipinski definition) is 1. The number of hydrogen-bond acceptors (Lipinski definition) is 5. The first-order valence-corrected chi connectivity index (χ1v) is 8.48. The molecule has 22 heavy (non-hydrogen) atoms. The van der Waals surface area contributed by atoms with Crippen molar-refractivity contribution in [3.63, 3.8) is 0 Å². The zero-order valence-electron chi connectivity index (χ0n) is 13.3. The fourth-order valence-corrected chi connectivity index (χ4v) is 3.58. The highest BCUT2D eigenvalue weighted by molar-refractivity contribution is 5.90. The minimum atomic E-state index is -0.336. The number of nitrogens with zero attached hydrogens (tertiary/aromatic N) is 2. The van der Waals surface area contributed by atoms with Gasteiger partial charge in [-0.25, -0.2) is 14.8 Å². The van der Waals surface area contributed by atoms with Gasteiger partial charge in [-0.3, -0.25) is 0 Å². The van der Waals surface area contributed by atoms with Crippen LogP contribution in [0.3, 0.4) is 0 Å². The highest BCUT2D eigenvalue weighted by Gasteiger charge is 2.26. The molecule has 2 aliphatic rings. The van der Waals surface area contributed by atoms with E-state index in [9.17, 15) is 4.79 Å². The van der Waals surface area contributed by atoms with Gasteiger partial charge in [-0.05, 0) is 32.2 Å². The van der Waals surface area contributed by atoms with E-state index in [0.29, 0.717) is 11.5 Å². The predicted octanol–water partition coefficient (Wildman–Crippen LogP) is 3.13. The zero-order valence-corrected chi connectivity index (χ0v) is 13.3. The number of carbonyl (C=O) groups excluding carboxylic acids is 1. The third-order valence-electron chi connectivity index (χ3n) is 4.85. The summed E-state index contributed by atoms with van der Waals surface area (Å²) in [4.78, 5) is 21.3. The molecular weight excluding hydrogens is 278 g/mol. The Morgan fingerprint density at radius 1 is 1.18 bits per heavy atom. The van der Waals surface area contributed by atoms with E-state index in [1.807, 2.05) is 0 Å². The zero-order chi connectivity index (χ0) is 15.4. The molecule has 1 aromatic heterocycles. The Hall–Kier alpha value is -1.49. The Balaban J connectivity index is 1.92. The molecule has 0 spiro atoms. The van der Waals surface area contributed by atoms with Crippen molar-refractivity contribution < 1.29 is 9.53 Å². The molecule has 0 amide bonds. The van der Waals surface area contributed by atoms with Gasteiger partial charge < -0.3 is 10.1 Å². The summed E-state index contributed by atoms with van der Waals surface area (Å²) in [7, 11) is 1.41. The van der Waals surface area contributed by atoms with Gasteiger partial charge in [0, 0.05) is 12.1 Å². The highest BCUT2D eigenvalue weighted by Crippen LogP contribution is 2.32. The number of carbonyl (C=O) groups is 1. The van der Waals surface area contributed by atoms with Crippen LogP contribution in [-0.2, 0) is 4.74 Å². The fourth-order valence-electron chi connectivity index (χ4n) is 3.58. The van der Waals surface area contributed by atoms with Crippen molar-refractivity contribution in [1.82, 2.24) is 15.3 Å². The molecule has 0 aromatic carbocycles. The number of nitrogens with one attached hydrogen (secondary N) is 1. The summed E-state index contributed by atoms with van der Waals surface area (Å²) in [6.45, 7) is 0.980. The van der Waals surface area contributed by atoms with Crippen LogP contribution in [0.4, 0.5) is 0 Å². The van der Waals surface area contributed by atoms with Crippen molar-refractivity contribution in [2.45, 2.75) is 63.3 Å².